The van der Waals surface area contributed by atoms with Crippen molar-refractivity contribution in [1.29, 1.82) is 0 Å². The quantitative estimate of drug-likeness (QED) is 0.353. The maximum atomic E-state index is 13.1. The van der Waals surface area contributed by atoms with Crippen LogP contribution in [0.15, 0.2) is 55.1 Å². The van der Waals surface area contributed by atoms with Crippen molar-refractivity contribution in [1.82, 2.24) is 5.32 Å². The highest BCUT2D eigenvalue weighted by molar-refractivity contribution is 6.30. The average molecular weight is 376 g/mol. The summed E-state index contributed by atoms with van der Waals surface area (Å²) in [6.07, 6.45) is 4.60. The van der Waals surface area contributed by atoms with Crippen LogP contribution in [0.1, 0.15) is 64.4 Å². The van der Waals surface area contributed by atoms with Crippen molar-refractivity contribution in [3.63, 3.8) is 0 Å². The van der Waals surface area contributed by atoms with Crippen LogP contribution in [0, 0.1) is 0 Å². The fourth-order valence-corrected chi connectivity index (χ4v) is 3.46. The number of hydrogen-bond donors (Lipinski definition) is 2. The molecule has 2 aromatic rings. The van der Waals surface area contributed by atoms with Gasteiger partial charge in [-0.2, -0.15) is 0 Å². The zero-order chi connectivity index (χ0) is 20.1. The number of nitrogens with one attached hydrogen (secondary N) is 2. The van der Waals surface area contributed by atoms with Crippen LogP contribution in [-0.4, -0.2) is 23.6 Å². The van der Waals surface area contributed by atoms with Crippen LogP contribution in [0.25, 0.3) is 0 Å². The van der Waals surface area contributed by atoms with Gasteiger partial charge in [-0.3, -0.25) is 14.4 Å². The van der Waals surface area contributed by atoms with E-state index in [0.717, 1.165) is 19.3 Å². The number of carbonyl (C=O) groups is 3. The molecule has 1 aliphatic carbocycles. The first-order valence-electron chi connectivity index (χ1n) is 9.57. The van der Waals surface area contributed by atoms with Gasteiger partial charge in [0, 0.05) is 22.4 Å². The first-order valence-corrected chi connectivity index (χ1v) is 9.57. The molecule has 5 nitrogen and oxygen atoms in total. The number of rotatable bonds is 8. The molecule has 1 aliphatic rings. The molecule has 1 atom stereocenters. The van der Waals surface area contributed by atoms with Crippen LogP contribution in [0.3, 0.4) is 0 Å². The molecule has 3 rings (SSSR count). The van der Waals surface area contributed by atoms with Crippen LogP contribution < -0.4 is 10.6 Å². The number of fused-ring (bicyclic) bond motifs is 2. The summed E-state index contributed by atoms with van der Waals surface area (Å²) in [7, 11) is 0. The number of carbonyl (C=O) groups excluding carboxylic acids is 3. The second-order valence-electron chi connectivity index (χ2n) is 6.84. The fourth-order valence-electron chi connectivity index (χ4n) is 3.46. The SMILES string of the molecule is C=CC(=O)NC(CCCCC)Nc1cccc2c1C(=O)c1ccccc1C2=O. The van der Waals surface area contributed by atoms with Gasteiger partial charge in [-0.25, -0.2) is 0 Å². The maximum absolute atomic E-state index is 13.1. The summed E-state index contributed by atoms with van der Waals surface area (Å²) < 4.78 is 0. The van der Waals surface area contributed by atoms with Gasteiger partial charge in [0.1, 0.15) is 0 Å². The van der Waals surface area contributed by atoms with E-state index in [1.165, 1.54) is 6.08 Å². The van der Waals surface area contributed by atoms with Crippen LogP contribution in [0.4, 0.5) is 5.69 Å². The standard InChI is InChI=1S/C23H24N2O3/c1-3-5-6-14-19(25-20(26)4-2)24-18-13-9-12-17-21(18)23(28)16-11-8-7-10-15(16)22(17)27/h4,7-13,19,24H,2-3,5-6,14H2,1H3,(H,25,26). The number of unbranched alkanes of at least 4 members (excludes halogenated alkanes) is 2. The Kier molecular flexibility index (Phi) is 6.04. The zero-order valence-corrected chi connectivity index (χ0v) is 16.0. The smallest absolute Gasteiger partial charge is 0.244 e. The summed E-state index contributed by atoms with van der Waals surface area (Å²) in [6, 6.07) is 12.0. The fraction of sp³-hybridized carbons (Fsp3) is 0.261. The normalized spacial score (nSPS) is 13.3. The third-order valence-electron chi connectivity index (χ3n) is 4.88. The second kappa shape index (κ2) is 8.65. The molecule has 28 heavy (non-hydrogen) atoms. The van der Waals surface area contributed by atoms with Gasteiger partial charge < -0.3 is 10.6 Å². The van der Waals surface area contributed by atoms with Gasteiger partial charge in [0.15, 0.2) is 11.6 Å². The van der Waals surface area contributed by atoms with Gasteiger partial charge in [-0.1, -0.05) is 62.7 Å². The maximum Gasteiger partial charge on any atom is 0.244 e. The molecule has 0 heterocycles. The van der Waals surface area contributed by atoms with E-state index < -0.39 is 0 Å². The second-order valence-corrected chi connectivity index (χ2v) is 6.84. The molecular formula is C23H24N2O3. The van der Waals surface area contributed by atoms with Gasteiger partial charge >= 0.3 is 0 Å². The molecule has 0 aliphatic heterocycles. The Bertz CT molecular complexity index is 933. The van der Waals surface area contributed by atoms with E-state index in [9.17, 15) is 14.4 Å². The first-order chi connectivity index (χ1) is 13.6. The number of ketones is 2. The highest BCUT2D eigenvalue weighted by Crippen LogP contribution is 2.32. The van der Waals surface area contributed by atoms with Crippen molar-refractivity contribution < 1.29 is 14.4 Å². The van der Waals surface area contributed by atoms with Gasteiger partial charge in [-0.05, 0) is 25.0 Å². The summed E-state index contributed by atoms with van der Waals surface area (Å²) in [5.74, 6) is -0.631. The highest BCUT2D eigenvalue weighted by atomic mass is 16.2. The Morgan fingerprint density at radius 2 is 1.68 bits per heavy atom. The third kappa shape index (κ3) is 3.88. The molecule has 5 heteroatoms. The molecule has 0 fully saturated rings. The lowest BCUT2D eigenvalue weighted by atomic mass is 9.83. The third-order valence-corrected chi connectivity index (χ3v) is 4.88. The number of anilines is 1. The minimum Gasteiger partial charge on any atom is -0.365 e. The molecule has 144 valence electrons. The number of benzene rings is 2. The lowest BCUT2D eigenvalue weighted by Gasteiger charge is -2.25. The minimum absolute atomic E-state index is 0.161. The van der Waals surface area contributed by atoms with Crippen LogP contribution >= 0.6 is 0 Å². The van der Waals surface area contributed by atoms with Crippen molar-refractivity contribution in [3.05, 3.63) is 77.4 Å². The Morgan fingerprint density at radius 1 is 1.00 bits per heavy atom. The minimum atomic E-state index is -0.358. The molecule has 2 aromatic carbocycles. The molecule has 2 N–H and O–H groups in total. The van der Waals surface area contributed by atoms with E-state index in [4.69, 9.17) is 0 Å². The monoisotopic (exact) mass is 376 g/mol. The predicted molar refractivity (Wildman–Crippen MR) is 110 cm³/mol. The summed E-state index contributed by atoms with van der Waals surface area (Å²) in [6.45, 7) is 5.61. The molecule has 1 unspecified atom stereocenters. The van der Waals surface area contributed by atoms with E-state index in [1.807, 2.05) is 0 Å². The summed E-state index contributed by atoms with van der Waals surface area (Å²) in [5.41, 5.74) is 2.13. The van der Waals surface area contributed by atoms with Gasteiger partial charge in [0.25, 0.3) is 0 Å². The van der Waals surface area contributed by atoms with Gasteiger partial charge in [0.05, 0.1) is 11.7 Å². The lowest BCUT2D eigenvalue weighted by molar-refractivity contribution is -0.117. The van der Waals surface area contributed by atoms with Crippen molar-refractivity contribution in [2.75, 3.05) is 5.32 Å². The predicted octanol–water partition coefficient (Wildman–Crippen LogP) is 4.08. The van der Waals surface area contributed by atoms with Crippen molar-refractivity contribution in [3.8, 4) is 0 Å². The summed E-state index contributed by atoms with van der Waals surface area (Å²) in [5, 5.41) is 6.12. The average Bonchev–Trinajstić information content (AvgIpc) is 2.72. The molecule has 0 saturated heterocycles. The van der Waals surface area contributed by atoms with E-state index >= 15 is 0 Å². The first kappa shape index (κ1) is 19.5. The molecular weight excluding hydrogens is 352 g/mol. The van der Waals surface area contributed by atoms with Crippen molar-refractivity contribution in [2.24, 2.45) is 0 Å². The van der Waals surface area contributed by atoms with Crippen molar-refractivity contribution >= 4 is 23.2 Å². The molecule has 0 spiro atoms. The lowest BCUT2D eigenvalue weighted by Crippen LogP contribution is -2.40. The van der Waals surface area contributed by atoms with E-state index in [2.05, 4.69) is 24.1 Å². The van der Waals surface area contributed by atoms with E-state index in [0.29, 0.717) is 34.4 Å². The molecule has 0 aromatic heterocycles. The van der Waals surface area contributed by atoms with Gasteiger partial charge in [0.2, 0.25) is 5.91 Å². The van der Waals surface area contributed by atoms with E-state index in [-0.39, 0.29) is 23.6 Å². The largest absolute Gasteiger partial charge is 0.365 e. The molecule has 0 saturated carbocycles. The Hall–Kier alpha value is -3.21. The molecule has 0 radical (unpaired) electrons. The Balaban J connectivity index is 1.94. The molecule has 1 amide bonds. The van der Waals surface area contributed by atoms with Crippen molar-refractivity contribution in [2.45, 2.75) is 38.8 Å². The summed E-state index contributed by atoms with van der Waals surface area (Å²) >= 11 is 0. The number of hydrogen-bond acceptors (Lipinski definition) is 4. The zero-order valence-electron chi connectivity index (χ0n) is 16.0. The Morgan fingerprint density at radius 3 is 2.36 bits per heavy atom. The van der Waals surface area contributed by atoms with E-state index in [1.54, 1.807) is 42.5 Å². The van der Waals surface area contributed by atoms with Gasteiger partial charge in [-0.15, -0.1) is 0 Å². The molecule has 0 bridgehead atoms. The topological polar surface area (TPSA) is 75.3 Å². The number of amides is 1. The van der Waals surface area contributed by atoms with Crippen LogP contribution in [-0.2, 0) is 4.79 Å². The Labute approximate surface area is 164 Å². The highest BCUT2D eigenvalue weighted by Gasteiger charge is 2.31. The van der Waals surface area contributed by atoms with Crippen LogP contribution in [0.5, 0.6) is 0 Å². The summed E-state index contributed by atoms with van der Waals surface area (Å²) in [4.78, 5) is 37.8. The van der Waals surface area contributed by atoms with Crippen LogP contribution in [0.2, 0.25) is 0 Å².